The molecule has 4 amide bonds. The average molecular weight is 660 g/mol. The van der Waals surface area contributed by atoms with E-state index in [1.807, 2.05) is 6.07 Å². The summed E-state index contributed by atoms with van der Waals surface area (Å²) in [5, 5.41) is 2.78. The first kappa shape index (κ1) is 33.2. The third kappa shape index (κ3) is 6.29. The molecule has 246 valence electrons. The van der Waals surface area contributed by atoms with Crippen LogP contribution in [-0.4, -0.2) is 86.5 Å². The second-order valence-electron chi connectivity index (χ2n) is 12.0. The maximum absolute atomic E-state index is 14.3. The first-order valence-electron chi connectivity index (χ1n) is 14.9. The number of anilines is 1. The monoisotopic (exact) mass is 659 g/mol. The van der Waals surface area contributed by atoms with Crippen LogP contribution in [0.15, 0.2) is 54.6 Å². The SMILES string of the molecule is CC(C)C(=O)N1CC[C@H]2CC[C@@H](C(=O)N(C)c3ccccc3)N2C(=O)[C@@H](NC(=O)c2cc3cc(C(F)(F)P(=O)(O)O)ccc3[nH]2)C1. The largest absolute Gasteiger partial charge is 0.399 e. The predicted octanol–water partition coefficient (Wildman–Crippen LogP) is 3.40. The lowest BCUT2D eigenvalue weighted by atomic mass is 10.0. The molecule has 0 radical (unpaired) electrons. The Morgan fingerprint density at radius 1 is 1.07 bits per heavy atom. The highest BCUT2D eigenvalue weighted by molar-refractivity contribution is 7.52. The van der Waals surface area contributed by atoms with E-state index in [1.165, 1.54) is 26.8 Å². The van der Waals surface area contributed by atoms with Crippen LogP contribution < -0.4 is 10.2 Å². The Hall–Kier alpha value is -4.13. The molecule has 0 saturated carbocycles. The van der Waals surface area contributed by atoms with Crippen LogP contribution in [0.2, 0.25) is 0 Å². The van der Waals surface area contributed by atoms with Crippen molar-refractivity contribution >= 4 is 47.8 Å². The van der Waals surface area contributed by atoms with Crippen molar-refractivity contribution in [2.24, 2.45) is 5.92 Å². The van der Waals surface area contributed by atoms with Gasteiger partial charge in [0.15, 0.2) is 0 Å². The fourth-order valence-corrected chi connectivity index (χ4v) is 6.61. The maximum atomic E-state index is 14.3. The van der Waals surface area contributed by atoms with Crippen molar-refractivity contribution in [3.8, 4) is 0 Å². The number of alkyl halides is 2. The molecule has 3 atom stereocenters. The van der Waals surface area contributed by atoms with Crippen LogP contribution in [0.4, 0.5) is 14.5 Å². The Morgan fingerprint density at radius 3 is 2.41 bits per heavy atom. The summed E-state index contributed by atoms with van der Waals surface area (Å²) in [6.07, 6.45) is 1.42. The molecule has 15 heteroatoms. The summed E-state index contributed by atoms with van der Waals surface area (Å²) < 4.78 is 40.0. The summed E-state index contributed by atoms with van der Waals surface area (Å²) in [5.74, 6) is -2.12. The number of aromatic amines is 1. The first-order valence-corrected chi connectivity index (χ1v) is 16.5. The van der Waals surface area contributed by atoms with Gasteiger partial charge in [0.2, 0.25) is 17.7 Å². The van der Waals surface area contributed by atoms with Crippen LogP contribution in [0.1, 0.15) is 49.2 Å². The van der Waals surface area contributed by atoms with E-state index in [1.54, 1.807) is 45.2 Å². The zero-order chi connectivity index (χ0) is 33.6. The van der Waals surface area contributed by atoms with Gasteiger partial charge in [0.05, 0.1) is 0 Å². The number of nitrogens with one attached hydrogen (secondary N) is 2. The lowest BCUT2D eigenvalue weighted by Gasteiger charge is -2.39. The van der Waals surface area contributed by atoms with E-state index in [0.29, 0.717) is 31.5 Å². The highest BCUT2D eigenvalue weighted by Crippen LogP contribution is 2.59. The highest BCUT2D eigenvalue weighted by Gasteiger charge is 2.50. The molecule has 0 spiro atoms. The molecule has 5 rings (SSSR count). The first-order chi connectivity index (χ1) is 21.6. The molecule has 2 aliphatic heterocycles. The van der Waals surface area contributed by atoms with E-state index >= 15 is 0 Å². The minimum Gasteiger partial charge on any atom is -0.351 e. The van der Waals surface area contributed by atoms with Gasteiger partial charge in [-0.1, -0.05) is 38.1 Å². The topological polar surface area (TPSA) is 163 Å². The molecule has 1 aromatic heterocycles. The summed E-state index contributed by atoms with van der Waals surface area (Å²) in [5.41, 5.74) is -4.56. The number of fused-ring (bicyclic) bond motifs is 2. The number of carbonyl (C=O) groups is 4. The lowest BCUT2D eigenvalue weighted by Crippen LogP contribution is -2.61. The van der Waals surface area contributed by atoms with Crippen LogP contribution in [0.25, 0.3) is 10.9 Å². The Bertz CT molecular complexity index is 1710. The standard InChI is InChI=1S/C31H36F2N5O7P/c1-18(2)28(40)37-14-13-22-10-12-26(30(42)36(3)21-7-5-4-6-8-21)38(22)29(41)25(17-37)35-27(39)24-16-19-15-20(9-11-23(19)34-24)31(32,33)46(43,44)45/h4-9,11,15-16,18,22,25-26,34H,10,12-14,17H2,1-3H3,(H,35,39)(H2,43,44,45)/t22-,25+,26+/m1/s1. The van der Waals surface area contributed by atoms with Crippen LogP contribution >= 0.6 is 7.60 Å². The number of likely N-dealkylation sites (N-methyl/N-ethyl adjacent to an activating group) is 1. The van der Waals surface area contributed by atoms with Crippen molar-refractivity contribution in [3.05, 3.63) is 65.9 Å². The molecule has 3 aromatic rings. The van der Waals surface area contributed by atoms with Crippen molar-refractivity contribution < 1.29 is 42.3 Å². The number of amides is 4. The Labute approximate surface area is 263 Å². The molecule has 12 nitrogen and oxygen atoms in total. The number of hydrogen-bond donors (Lipinski definition) is 4. The van der Waals surface area contributed by atoms with Crippen LogP contribution in [0, 0.1) is 5.92 Å². The lowest BCUT2D eigenvalue weighted by molar-refractivity contribution is -0.145. The molecule has 3 heterocycles. The number of rotatable bonds is 7. The molecular formula is C31H36F2N5O7P. The van der Waals surface area contributed by atoms with E-state index in [0.717, 1.165) is 12.1 Å². The summed E-state index contributed by atoms with van der Waals surface area (Å²) in [6, 6.07) is 10.8. The molecule has 2 aromatic carbocycles. The molecular weight excluding hydrogens is 623 g/mol. The molecule has 46 heavy (non-hydrogen) atoms. The highest BCUT2D eigenvalue weighted by atomic mass is 31.2. The third-order valence-electron chi connectivity index (χ3n) is 8.64. The van der Waals surface area contributed by atoms with E-state index in [9.17, 15) is 32.5 Å². The van der Waals surface area contributed by atoms with E-state index < -0.39 is 42.7 Å². The number of H-pyrrole nitrogens is 1. The zero-order valence-corrected chi connectivity index (χ0v) is 26.4. The minimum absolute atomic E-state index is 0.0885. The normalized spacial score (nSPS) is 20.8. The van der Waals surface area contributed by atoms with E-state index in [4.69, 9.17) is 9.79 Å². The molecule has 0 aliphatic carbocycles. The molecule has 2 aliphatic rings. The van der Waals surface area contributed by atoms with Crippen molar-refractivity contribution in [2.75, 3.05) is 25.0 Å². The van der Waals surface area contributed by atoms with Crippen molar-refractivity contribution in [1.29, 1.82) is 0 Å². The van der Waals surface area contributed by atoms with Crippen molar-refractivity contribution in [1.82, 2.24) is 20.1 Å². The van der Waals surface area contributed by atoms with Crippen molar-refractivity contribution in [3.63, 3.8) is 0 Å². The smallest absolute Gasteiger partial charge is 0.351 e. The Kier molecular flexibility index (Phi) is 9.09. The minimum atomic E-state index is -5.81. The second kappa shape index (κ2) is 12.6. The summed E-state index contributed by atoms with van der Waals surface area (Å²) >= 11 is 0. The molecule has 0 bridgehead atoms. The van der Waals surface area contributed by atoms with Crippen LogP contribution in [0.3, 0.4) is 0 Å². The zero-order valence-electron chi connectivity index (χ0n) is 25.5. The van der Waals surface area contributed by atoms with Crippen molar-refractivity contribution in [2.45, 2.75) is 56.9 Å². The number of nitrogens with zero attached hydrogens (tertiary/aromatic N) is 3. The van der Waals surface area contributed by atoms with E-state index in [-0.39, 0.29) is 46.9 Å². The van der Waals surface area contributed by atoms with Gasteiger partial charge < -0.3 is 34.8 Å². The van der Waals surface area contributed by atoms with Gasteiger partial charge in [-0.25, -0.2) is 0 Å². The van der Waals surface area contributed by atoms with Gasteiger partial charge in [0.25, 0.3) is 5.91 Å². The van der Waals surface area contributed by atoms with Gasteiger partial charge in [-0.3, -0.25) is 23.7 Å². The van der Waals surface area contributed by atoms with Gasteiger partial charge in [-0.05, 0) is 49.6 Å². The number of para-hydroxylation sites is 1. The van der Waals surface area contributed by atoms with E-state index in [2.05, 4.69) is 10.3 Å². The Balaban J connectivity index is 1.44. The fourth-order valence-electron chi connectivity index (χ4n) is 6.14. The number of aromatic nitrogens is 1. The predicted molar refractivity (Wildman–Crippen MR) is 165 cm³/mol. The van der Waals surface area contributed by atoms with Gasteiger partial charge in [-0.15, -0.1) is 0 Å². The molecule has 2 fully saturated rings. The maximum Gasteiger partial charge on any atom is 0.399 e. The van der Waals surface area contributed by atoms with Crippen LogP contribution in [-0.2, 0) is 24.6 Å². The van der Waals surface area contributed by atoms with Gasteiger partial charge in [0, 0.05) is 54.3 Å². The molecule has 0 unspecified atom stereocenters. The summed E-state index contributed by atoms with van der Waals surface area (Å²) in [7, 11) is -4.17. The number of carbonyl (C=O) groups excluding carboxylic acids is 4. The van der Waals surface area contributed by atoms with Gasteiger partial charge in [-0.2, -0.15) is 8.78 Å². The number of halogens is 2. The molecule has 2 saturated heterocycles. The third-order valence-corrected chi connectivity index (χ3v) is 9.63. The number of hydrogen-bond acceptors (Lipinski definition) is 5. The summed E-state index contributed by atoms with van der Waals surface area (Å²) in [6.45, 7) is 3.65. The Morgan fingerprint density at radius 2 is 1.76 bits per heavy atom. The quantitative estimate of drug-likeness (QED) is 0.283. The second-order valence-corrected chi connectivity index (χ2v) is 13.7. The number of benzene rings is 2. The molecule has 4 N–H and O–H groups in total. The van der Waals surface area contributed by atoms with Gasteiger partial charge in [0.1, 0.15) is 17.8 Å². The fraction of sp³-hybridized carbons (Fsp3) is 0.419. The van der Waals surface area contributed by atoms with Gasteiger partial charge >= 0.3 is 13.3 Å². The van der Waals surface area contributed by atoms with Crippen LogP contribution in [0.5, 0.6) is 0 Å². The average Bonchev–Trinajstić information content (AvgIpc) is 3.64. The summed E-state index contributed by atoms with van der Waals surface area (Å²) in [4.78, 5) is 80.1.